The molecule has 1 aliphatic rings. The van der Waals surface area contributed by atoms with Crippen molar-refractivity contribution < 1.29 is 9.59 Å². The number of Topliss-reactive ketones (excluding diaryl/α,β-unsaturated/α-hetero) is 1. The van der Waals surface area contributed by atoms with Crippen LogP contribution in [-0.2, 0) is 9.59 Å². The minimum Gasteiger partial charge on any atom is -0.326 e. The van der Waals surface area contributed by atoms with Crippen LogP contribution in [0.3, 0.4) is 0 Å². The van der Waals surface area contributed by atoms with Gasteiger partial charge in [-0.2, -0.15) is 0 Å². The molecule has 130 valence electrons. The van der Waals surface area contributed by atoms with E-state index in [4.69, 9.17) is 0 Å². The third kappa shape index (κ3) is 12.6. The van der Waals surface area contributed by atoms with E-state index in [0.717, 1.165) is 11.6 Å². The number of hydrogen-bond acceptors (Lipinski definition) is 2. The Morgan fingerprint density at radius 3 is 1.83 bits per heavy atom. The fourth-order valence-corrected chi connectivity index (χ4v) is 2.33. The number of rotatable bonds is 1. The number of benzene rings is 1. The molecule has 0 spiro atoms. The topological polar surface area (TPSA) is 46.2 Å². The van der Waals surface area contributed by atoms with Gasteiger partial charge >= 0.3 is 0 Å². The Kier molecular flexibility index (Phi) is 11.0. The molecule has 0 bridgehead atoms. The maximum absolute atomic E-state index is 10.7. The third-order valence-corrected chi connectivity index (χ3v) is 3.72. The van der Waals surface area contributed by atoms with Crippen LogP contribution < -0.4 is 5.32 Å². The smallest absolute Gasteiger partial charge is 0.221 e. The normalized spacial score (nSPS) is 13.8. The molecule has 1 saturated carbocycles. The van der Waals surface area contributed by atoms with E-state index in [0.29, 0.717) is 0 Å². The van der Waals surface area contributed by atoms with Crippen molar-refractivity contribution in [3.05, 3.63) is 29.3 Å². The molecule has 1 aliphatic carbocycles. The lowest BCUT2D eigenvalue weighted by Gasteiger charge is -2.15. The minimum absolute atomic E-state index is 0.0294. The summed E-state index contributed by atoms with van der Waals surface area (Å²) in [7, 11) is 0. The highest BCUT2D eigenvalue weighted by molar-refractivity contribution is 5.88. The van der Waals surface area contributed by atoms with E-state index in [9.17, 15) is 9.59 Å². The van der Waals surface area contributed by atoms with Crippen LogP contribution in [0.5, 0.6) is 0 Å². The van der Waals surface area contributed by atoms with Crippen LogP contribution >= 0.6 is 0 Å². The summed E-state index contributed by atoms with van der Waals surface area (Å²) in [4.78, 5) is 20.1. The van der Waals surface area contributed by atoms with Crippen LogP contribution in [0.4, 0.5) is 5.69 Å². The van der Waals surface area contributed by atoms with Crippen LogP contribution in [0.1, 0.15) is 70.9 Å². The monoisotopic (exact) mass is 319 g/mol. The number of nitrogens with one attached hydrogen (secondary N) is 1. The number of ketones is 1. The predicted octanol–water partition coefficient (Wildman–Crippen LogP) is 5.44. The molecule has 1 aromatic rings. The first-order valence-electron chi connectivity index (χ1n) is 8.54. The molecule has 0 aromatic heterocycles. The van der Waals surface area contributed by atoms with Gasteiger partial charge in [0.15, 0.2) is 0 Å². The number of aryl methyl sites for hydroxylation is 2. The Morgan fingerprint density at radius 1 is 0.957 bits per heavy atom. The summed E-state index contributed by atoms with van der Waals surface area (Å²) in [5.41, 5.74) is 3.30. The third-order valence-electron chi connectivity index (χ3n) is 3.72. The van der Waals surface area contributed by atoms with E-state index >= 15 is 0 Å². The van der Waals surface area contributed by atoms with Gasteiger partial charge < -0.3 is 10.1 Å². The molecule has 1 fully saturated rings. The summed E-state index contributed by atoms with van der Waals surface area (Å²) >= 11 is 0. The Morgan fingerprint density at radius 2 is 1.48 bits per heavy atom. The van der Waals surface area contributed by atoms with E-state index < -0.39 is 0 Å². The summed E-state index contributed by atoms with van der Waals surface area (Å²) in [6.07, 6.45) is 7.44. The molecule has 3 nitrogen and oxygen atoms in total. The second-order valence-corrected chi connectivity index (χ2v) is 6.63. The molecular formula is C20H33NO2. The Labute approximate surface area is 141 Å². The molecule has 2 rings (SSSR count). The summed E-state index contributed by atoms with van der Waals surface area (Å²) in [6, 6.07) is 5.88. The van der Waals surface area contributed by atoms with Crippen LogP contribution in [0, 0.1) is 19.8 Å². The molecule has 23 heavy (non-hydrogen) atoms. The van der Waals surface area contributed by atoms with Crippen molar-refractivity contribution in [1.29, 1.82) is 0 Å². The zero-order valence-corrected chi connectivity index (χ0v) is 15.7. The quantitative estimate of drug-likeness (QED) is 0.748. The molecule has 0 atom stereocenters. The van der Waals surface area contributed by atoms with E-state index in [2.05, 4.69) is 12.2 Å². The highest BCUT2D eigenvalue weighted by atomic mass is 16.1. The van der Waals surface area contributed by atoms with Gasteiger partial charge in [0.1, 0.15) is 5.78 Å². The van der Waals surface area contributed by atoms with Gasteiger partial charge in [-0.1, -0.05) is 45.1 Å². The average Bonchev–Trinajstić information content (AvgIpc) is 2.43. The van der Waals surface area contributed by atoms with Gasteiger partial charge in [0.05, 0.1) is 0 Å². The van der Waals surface area contributed by atoms with E-state index in [-0.39, 0.29) is 11.7 Å². The average molecular weight is 319 g/mol. The first-order valence-corrected chi connectivity index (χ1v) is 8.54. The molecular weight excluding hydrogens is 286 g/mol. The minimum atomic E-state index is -0.0294. The highest BCUT2D eigenvalue weighted by Crippen LogP contribution is 2.22. The zero-order valence-electron chi connectivity index (χ0n) is 15.7. The molecule has 0 aliphatic heterocycles. The summed E-state index contributed by atoms with van der Waals surface area (Å²) in [5, 5.41) is 2.73. The second-order valence-electron chi connectivity index (χ2n) is 6.63. The fourth-order valence-electron chi connectivity index (χ4n) is 2.33. The largest absolute Gasteiger partial charge is 0.326 e. The molecule has 1 aromatic carbocycles. The van der Waals surface area contributed by atoms with Crippen molar-refractivity contribution in [1.82, 2.24) is 0 Å². The van der Waals surface area contributed by atoms with Crippen molar-refractivity contribution in [2.24, 2.45) is 5.92 Å². The number of carbonyl (C=O) groups excluding carboxylic acids is 2. The highest BCUT2D eigenvalue weighted by Gasteiger charge is 2.05. The van der Waals surface area contributed by atoms with Crippen LogP contribution in [-0.4, -0.2) is 11.7 Å². The number of carbonyl (C=O) groups is 2. The van der Waals surface area contributed by atoms with E-state index in [1.54, 1.807) is 0 Å². The van der Waals surface area contributed by atoms with Crippen molar-refractivity contribution in [3.8, 4) is 0 Å². The maximum Gasteiger partial charge on any atom is 0.221 e. The molecule has 1 N–H and O–H groups in total. The fraction of sp³-hybridized carbons (Fsp3) is 0.600. The Hall–Kier alpha value is -1.64. The number of anilines is 1. The molecule has 0 heterocycles. The van der Waals surface area contributed by atoms with Gasteiger partial charge in [-0.25, -0.2) is 0 Å². The summed E-state index contributed by atoms with van der Waals surface area (Å²) < 4.78 is 0. The van der Waals surface area contributed by atoms with Crippen molar-refractivity contribution in [2.75, 3.05) is 5.32 Å². The van der Waals surface area contributed by atoms with Gasteiger partial charge in [0.2, 0.25) is 5.91 Å². The second kappa shape index (κ2) is 11.9. The SMILES string of the molecule is CC(=O)Nc1ccc(C)c(C)c1.CC(C)=O.CC1CCCCC1. The first kappa shape index (κ1) is 21.4. The van der Waals surface area contributed by atoms with Crippen molar-refractivity contribution in [2.45, 2.75) is 73.6 Å². The van der Waals surface area contributed by atoms with E-state index in [1.165, 1.54) is 64.0 Å². The van der Waals surface area contributed by atoms with Gasteiger partial charge in [-0.05, 0) is 56.9 Å². The molecule has 0 unspecified atom stereocenters. The van der Waals surface area contributed by atoms with Crippen LogP contribution in [0.15, 0.2) is 18.2 Å². The van der Waals surface area contributed by atoms with Gasteiger partial charge in [0.25, 0.3) is 0 Å². The van der Waals surface area contributed by atoms with Crippen molar-refractivity contribution in [3.63, 3.8) is 0 Å². The molecule has 3 heteroatoms. The number of hydrogen-bond donors (Lipinski definition) is 1. The van der Waals surface area contributed by atoms with Gasteiger partial charge in [0, 0.05) is 12.6 Å². The standard InChI is InChI=1S/C10H13NO.C7H14.C3H6O/c1-7-4-5-10(6-8(7)2)11-9(3)12;1-7-5-3-2-4-6-7;1-3(2)4/h4-6H,1-3H3,(H,11,12);7H,2-6H2,1H3;1-2H3. The molecule has 0 saturated heterocycles. The summed E-state index contributed by atoms with van der Waals surface area (Å²) in [6.45, 7) is 11.0. The lowest BCUT2D eigenvalue weighted by atomic mass is 9.91. The van der Waals surface area contributed by atoms with Gasteiger partial charge in [-0.15, -0.1) is 0 Å². The molecule has 0 radical (unpaired) electrons. The zero-order chi connectivity index (χ0) is 17.8. The molecule has 1 amide bonds. The maximum atomic E-state index is 10.7. The number of amides is 1. The lowest BCUT2D eigenvalue weighted by molar-refractivity contribution is -0.115. The lowest BCUT2D eigenvalue weighted by Crippen LogP contribution is -2.05. The van der Waals surface area contributed by atoms with Gasteiger partial charge in [-0.3, -0.25) is 4.79 Å². The van der Waals surface area contributed by atoms with Crippen LogP contribution in [0.2, 0.25) is 0 Å². The van der Waals surface area contributed by atoms with Crippen LogP contribution in [0.25, 0.3) is 0 Å². The Bertz CT molecular complexity index is 484. The Balaban J connectivity index is 0.000000371. The summed E-state index contributed by atoms with van der Waals surface area (Å²) in [5.74, 6) is 1.17. The van der Waals surface area contributed by atoms with Crippen molar-refractivity contribution >= 4 is 17.4 Å². The first-order chi connectivity index (χ1) is 10.7. The van der Waals surface area contributed by atoms with E-state index in [1.807, 2.05) is 32.0 Å². The predicted molar refractivity (Wildman–Crippen MR) is 98.8 cm³/mol.